The number of aryl methyl sites for hydroxylation is 1. The van der Waals surface area contributed by atoms with Gasteiger partial charge in [-0.25, -0.2) is 4.79 Å². The van der Waals surface area contributed by atoms with Crippen LogP contribution in [0.15, 0.2) is 15.3 Å². The average Bonchev–Trinajstić information content (AvgIpc) is 2.46. The molecular weight excluding hydrogens is 290 g/mol. The summed E-state index contributed by atoms with van der Waals surface area (Å²) >= 11 is 6.35. The minimum Gasteiger partial charge on any atom is -0.476 e. The quantitative estimate of drug-likeness (QED) is 0.755. The number of hydrogen-bond acceptors (Lipinski definition) is 4. The van der Waals surface area contributed by atoms with Crippen LogP contribution in [0.4, 0.5) is 0 Å². The summed E-state index contributed by atoms with van der Waals surface area (Å²) in [4.78, 5) is 14.1. The van der Waals surface area contributed by atoms with Gasteiger partial charge < -0.3 is 9.15 Å². The molecule has 4 nitrogen and oxygen atoms in total. The van der Waals surface area contributed by atoms with E-state index in [1.165, 1.54) is 0 Å². The highest BCUT2D eigenvalue weighted by Crippen LogP contribution is 2.39. The standard InChI is InChI=1S/C16H18ClNO3/c1-8(2)18-6-12-14-11(5-13(17)15(12)20-7-18)9(3)10(4)16(19)21-14/h5,8H,6-7H2,1-4H3. The molecule has 1 aromatic carbocycles. The lowest BCUT2D eigenvalue weighted by Gasteiger charge is -2.32. The summed E-state index contributed by atoms with van der Waals surface area (Å²) < 4.78 is 11.3. The van der Waals surface area contributed by atoms with E-state index in [-0.39, 0.29) is 5.63 Å². The maximum Gasteiger partial charge on any atom is 0.339 e. The molecule has 5 heteroatoms. The smallest absolute Gasteiger partial charge is 0.339 e. The van der Waals surface area contributed by atoms with Gasteiger partial charge in [0.15, 0.2) is 0 Å². The summed E-state index contributed by atoms with van der Waals surface area (Å²) in [6.07, 6.45) is 0. The highest BCUT2D eigenvalue weighted by atomic mass is 35.5. The highest BCUT2D eigenvalue weighted by Gasteiger charge is 2.26. The van der Waals surface area contributed by atoms with Gasteiger partial charge >= 0.3 is 5.63 Å². The Morgan fingerprint density at radius 1 is 1.29 bits per heavy atom. The monoisotopic (exact) mass is 307 g/mol. The van der Waals surface area contributed by atoms with Gasteiger partial charge in [-0.15, -0.1) is 0 Å². The van der Waals surface area contributed by atoms with Gasteiger partial charge in [0.05, 0.1) is 10.6 Å². The van der Waals surface area contributed by atoms with Crippen LogP contribution in [-0.4, -0.2) is 17.7 Å². The summed E-state index contributed by atoms with van der Waals surface area (Å²) in [6, 6.07) is 2.16. The number of rotatable bonds is 1. The zero-order chi connectivity index (χ0) is 15.3. The first-order chi connectivity index (χ1) is 9.90. The lowest BCUT2D eigenvalue weighted by Crippen LogP contribution is -2.37. The van der Waals surface area contributed by atoms with Crippen LogP contribution in [0.5, 0.6) is 5.75 Å². The van der Waals surface area contributed by atoms with Crippen LogP contribution in [0.1, 0.15) is 30.5 Å². The van der Waals surface area contributed by atoms with Crippen molar-refractivity contribution in [2.75, 3.05) is 6.73 Å². The van der Waals surface area contributed by atoms with Crippen molar-refractivity contribution >= 4 is 22.6 Å². The third-order valence-corrected chi connectivity index (χ3v) is 4.50. The van der Waals surface area contributed by atoms with Crippen LogP contribution in [0, 0.1) is 13.8 Å². The van der Waals surface area contributed by atoms with E-state index in [2.05, 4.69) is 18.7 Å². The Bertz CT molecular complexity index is 779. The Morgan fingerprint density at radius 3 is 2.67 bits per heavy atom. The van der Waals surface area contributed by atoms with E-state index in [4.69, 9.17) is 20.8 Å². The minimum atomic E-state index is -0.300. The van der Waals surface area contributed by atoms with E-state index in [0.717, 1.165) is 16.5 Å². The second-order valence-corrected chi connectivity index (χ2v) is 6.20. The van der Waals surface area contributed by atoms with Gasteiger partial charge in [-0.3, -0.25) is 4.90 Å². The first-order valence-electron chi connectivity index (χ1n) is 7.02. The summed E-state index contributed by atoms with van der Waals surface area (Å²) in [6.45, 7) is 9.05. The van der Waals surface area contributed by atoms with Crippen molar-refractivity contribution in [2.45, 2.75) is 40.3 Å². The number of halogens is 1. The first-order valence-corrected chi connectivity index (χ1v) is 7.40. The van der Waals surface area contributed by atoms with Gasteiger partial charge in [0.25, 0.3) is 0 Å². The largest absolute Gasteiger partial charge is 0.476 e. The van der Waals surface area contributed by atoms with Crippen LogP contribution in [-0.2, 0) is 6.54 Å². The highest BCUT2D eigenvalue weighted by molar-refractivity contribution is 6.33. The van der Waals surface area contributed by atoms with Gasteiger partial charge in [-0.05, 0) is 39.3 Å². The fourth-order valence-electron chi connectivity index (χ4n) is 2.61. The van der Waals surface area contributed by atoms with E-state index in [9.17, 15) is 4.79 Å². The molecule has 1 aromatic heterocycles. The van der Waals surface area contributed by atoms with E-state index >= 15 is 0 Å². The number of ether oxygens (including phenoxy) is 1. The van der Waals surface area contributed by atoms with Crippen LogP contribution in [0.2, 0.25) is 5.02 Å². The van der Waals surface area contributed by atoms with Crippen molar-refractivity contribution in [1.82, 2.24) is 4.90 Å². The Hall–Kier alpha value is -1.52. The Morgan fingerprint density at radius 2 is 2.00 bits per heavy atom. The SMILES string of the molecule is Cc1c(C)c2cc(Cl)c3c(c2oc1=O)CN(C(C)C)CO3. The lowest BCUT2D eigenvalue weighted by molar-refractivity contribution is 0.0690. The third-order valence-electron chi connectivity index (χ3n) is 4.21. The van der Waals surface area contributed by atoms with Gasteiger partial charge in [0.1, 0.15) is 18.1 Å². The van der Waals surface area contributed by atoms with E-state index in [1.54, 1.807) is 6.92 Å². The lowest BCUT2D eigenvalue weighted by atomic mass is 10.0. The molecule has 0 N–H and O–H groups in total. The summed E-state index contributed by atoms with van der Waals surface area (Å²) in [7, 11) is 0. The molecule has 1 aliphatic heterocycles. The Kier molecular flexibility index (Phi) is 3.46. The zero-order valence-corrected chi connectivity index (χ0v) is 13.4. The van der Waals surface area contributed by atoms with Gasteiger partial charge in [-0.2, -0.15) is 0 Å². The molecule has 0 bridgehead atoms. The second kappa shape index (κ2) is 5.04. The Labute approximate surface area is 128 Å². The molecule has 0 radical (unpaired) electrons. The topological polar surface area (TPSA) is 42.7 Å². The number of nitrogens with zero attached hydrogens (tertiary/aromatic N) is 1. The number of benzene rings is 1. The Balaban J connectivity index is 2.32. The van der Waals surface area contributed by atoms with Crippen molar-refractivity contribution in [2.24, 2.45) is 0 Å². The van der Waals surface area contributed by atoms with Crippen LogP contribution in [0.3, 0.4) is 0 Å². The molecular formula is C16H18ClNO3. The predicted octanol–water partition coefficient (Wildman–Crippen LogP) is 3.62. The van der Waals surface area contributed by atoms with Crippen molar-refractivity contribution in [1.29, 1.82) is 0 Å². The molecule has 3 rings (SSSR count). The van der Waals surface area contributed by atoms with Crippen molar-refractivity contribution in [3.63, 3.8) is 0 Å². The molecule has 2 aromatic rings. The summed E-state index contributed by atoms with van der Waals surface area (Å²) in [5.41, 5.74) is 2.68. The van der Waals surface area contributed by atoms with Gasteiger partial charge in [0, 0.05) is 23.5 Å². The fraction of sp³-hybridized carbons (Fsp3) is 0.438. The average molecular weight is 308 g/mol. The molecule has 0 unspecified atom stereocenters. The number of hydrogen-bond donors (Lipinski definition) is 0. The van der Waals surface area contributed by atoms with Crippen LogP contribution < -0.4 is 10.4 Å². The molecule has 21 heavy (non-hydrogen) atoms. The molecule has 2 heterocycles. The molecule has 0 saturated carbocycles. The van der Waals surface area contributed by atoms with Crippen molar-refractivity contribution in [3.8, 4) is 5.75 Å². The molecule has 0 atom stereocenters. The second-order valence-electron chi connectivity index (χ2n) is 5.80. The molecule has 0 amide bonds. The molecule has 0 saturated heterocycles. The zero-order valence-electron chi connectivity index (χ0n) is 12.6. The maximum atomic E-state index is 12.0. The molecule has 1 aliphatic rings. The van der Waals surface area contributed by atoms with Crippen LogP contribution >= 0.6 is 11.6 Å². The van der Waals surface area contributed by atoms with Gasteiger partial charge in [-0.1, -0.05) is 11.6 Å². The minimum absolute atomic E-state index is 0.300. The fourth-order valence-corrected chi connectivity index (χ4v) is 2.89. The van der Waals surface area contributed by atoms with Gasteiger partial charge in [0.2, 0.25) is 0 Å². The first kappa shape index (κ1) is 14.4. The van der Waals surface area contributed by atoms with E-state index in [0.29, 0.717) is 41.2 Å². The number of fused-ring (bicyclic) bond motifs is 3. The van der Waals surface area contributed by atoms with Crippen molar-refractivity contribution in [3.05, 3.63) is 38.2 Å². The molecule has 112 valence electrons. The molecule has 0 aliphatic carbocycles. The predicted molar refractivity (Wildman–Crippen MR) is 83.1 cm³/mol. The van der Waals surface area contributed by atoms with Crippen molar-refractivity contribution < 1.29 is 9.15 Å². The summed E-state index contributed by atoms with van der Waals surface area (Å²) in [5.74, 6) is 0.632. The van der Waals surface area contributed by atoms with E-state index in [1.807, 2.05) is 13.0 Å². The maximum absolute atomic E-state index is 12.0. The molecule has 0 fully saturated rings. The normalized spacial score (nSPS) is 15.3. The van der Waals surface area contributed by atoms with Crippen LogP contribution in [0.25, 0.3) is 11.0 Å². The van der Waals surface area contributed by atoms with E-state index < -0.39 is 0 Å². The summed E-state index contributed by atoms with van der Waals surface area (Å²) in [5, 5.41) is 1.45. The third kappa shape index (κ3) is 2.23. The molecule has 0 spiro atoms.